The van der Waals surface area contributed by atoms with E-state index < -0.39 is 0 Å². The summed E-state index contributed by atoms with van der Waals surface area (Å²) in [4.78, 5) is 13.8. The number of aryl methyl sites for hydroxylation is 2. The van der Waals surface area contributed by atoms with Crippen molar-refractivity contribution in [1.82, 2.24) is 0 Å². The van der Waals surface area contributed by atoms with Crippen LogP contribution in [0.2, 0.25) is 0 Å². The summed E-state index contributed by atoms with van der Waals surface area (Å²) in [6, 6.07) is 20.6. The lowest BCUT2D eigenvalue weighted by Gasteiger charge is -2.12. The van der Waals surface area contributed by atoms with E-state index in [4.69, 9.17) is 0 Å². The Labute approximate surface area is 141 Å². The highest BCUT2D eigenvalue weighted by Gasteiger charge is 2.17. The van der Waals surface area contributed by atoms with Gasteiger partial charge in [-0.05, 0) is 60.9 Å². The highest BCUT2D eigenvalue weighted by molar-refractivity contribution is 8.00. The van der Waals surface area contributed by atoms with Crippen molar-refractivity contribution in [2.45, 2.75) is 30.9 Å². The molecule has 0 heterocycles. The number of hydrogen-bond donors (Lipinski definition) is 0. The van der Waals surface area contributed by atoms with E-state index in [0.29, 0.717) is 0 Å². The summed E-state index contributed by atoms with van der Waals surface area (Å²) in [6.45, 7) is 6.10. The lowest BCUT2D eigenvalue weighted by atomic mass is 10.0. The summed E-state index contributed by atoms with van der Waals surface area (Å²) in [7, 11) is 0. The predicted molar refractivity (Wildman–Crippen MR) is 99.5 cm³/mol. The van der Waals surface area contributed by atoms with Gasteiger partial charge in [0.2, 0.25) is 0 Å². The number of rotatable bonds is 4. The molecule has 0 aliphatic rings. The van der Waals surface area contributed by atoms with Gasteiger partial charge in [-0.3, -0.25) is 4.79 Å². The van der Waals surface area contributed by atoms with E-state index in [9.17, 15) is 4.79 Å². The average molecular weight is 320 g/mol. The van der Waals surface area contributed by atoms with Crippen LogP contribution in [0, 0.1) is 13.8 Å². The van der Waals surface area contributed by atoms with Crippen molar-refractivity contribution in [3.63, 3.8) is 0 Å². The van der Waals surface area contributed by atoms with Crippen molar-refractivity contribution in [2.75, 3.05) is 0 Å². The van der Waals surface area contributed by atoms with Crippen molar-refractivity contribution in [1.29, 1.82) is 0 Å². The Hall–Kier alpha value is -2.06. The Bertz CT molecular complexity index is 867. The Balaban J connectivity index is 1.80. The molecule has 0 amide bonds. The number of fused-ring (bicyclic) bond motifs is 1. The molecule has 0 radical (unpaired) electrons. The van der Waals surface area contributed by atoms with Gasteiger partial charge in [0.1, 0.15) is 0 Å². The molecule has 116 valence electrons. The molecule has 0 unspecified atom stereocenters. The molecule has 0 aliphatic carbocycles. The Morgan fingerprint density at radius 2 is 1.61 bits per heavy atom. The normalized spacial score (nSPS) is 12.3. The molecule has 0 aliphatic heterocycles. The molecule has 3 rings (SSSR count). The van der Waals surface area contributed by atoms with Gasteiger partial charge in [-0.1, -0.05) is 42.5 Å². The monoisotopic (exact) mass is 320 g/mol. The molecule has 2 heteroatoms. The third-order valence-corrected chi connectivity index (χ3v) is 5.29. The minimum absolute atomic E-state index is 0.0988. The van der Waals surface area contributed by atoms with Gasteiger partial charge in [-0.25, -0.2) is 0 Å². The summed E-state index contributed by atoms with van der Waals surface area (Å²) in [5.74, 6) is 0.186. The number of carbonyl (C=O) groups excluding carboxylic acids is 1. The maximum absolute atomic E-state index is 12.7. The molecule has 3 aromatic carbocycles. The second-order valence-electron chi connectivity index (χ2n) is 5.93. The van der Waals surface area contributed by atoms with Gasteiger partial charge in [-0.2, -0.15) is 0 Å². The van der Waals surface area contributed by atoms with Crippen LogP contribution in [0.1, 0.15) is 28.4 Å². The van der Waals surface area contributed by atoms with Crippen molar-refractivity contribution in [3.8, 4) is 0 Å². The van der Waals surface area contributed by atoms with E-state index in [2.05, 4.69) is 37.3 Å². The summed E-state index contributed by atoms with van der Waals surface area (Å²) >= 11 is 1.62. The first-order chi connectivity index (χ1) is 11.0. The van der Waals surface area contributed by atoms with Gasteiger partial charge in [0, 0.05) is 10.5 Å². The third kappa shape index (κ3) is 3.48. The second-order valence-corrected chi connectivity index (χ2v) is 7.35. The number of Topliss-reactive ketones (excluding diaryl/α,β-unsaturated/α-hetero) is 1. The molecular weight excluding hydrogens is 300 g/mol. The molecule has 0 aromatic heterocycles. The number of benzene rings is 3. The number of ketones is 1. The van der Waals surface area contributed by atoms with Crippen LogP contribution in [0.25, 0.3) is 10.8 Å². The van der Waals surface area contributed by atoms with Crippen LogP contribution in [0.4, 0.5) is 0 Å². The summed E-state index contributed by atoms with van der Waals surface area (Å²) in [6.07, 6.45) is 0. The standard InChI is InChI=1S/C21H20OS/c1-14-8-9-19(12-15(14)2)21(22)16(3)23-20-11-10-17-6-4-5-7-18(17)13-20/h4-13,16H,1-3H3/t16-/m0/s1. The zero-order valence-corrected chi connectivity index (χ0v) is 14.5. The minimum atomic E-state index is -0.0988. The Morgan fingerprint density at radius 1 is 0.870 bits per heavy atom. The molecule has 0 bridgehead atoms. The van der Waals surface area contributed by atoms with Crippen LogP contribution in [0.15, 0.2) is 65.6 Å². The molecule has 0 saturated heterocycles. The zero-order chi connectivity index (χ0) is 16.4. The first kappa shape index (κ1) is 15.8. The molecule has 1 atom stereocenters. The number of thioether (sulfide) groups is 1. The minimum Gasteiger partial charge on any atom is -0.293 e. The van der Waals surface area contributed by atoms with Crippen LogP contribution >= 0.6 is 11.8 Å². The number of hydrogen-bond acceptors (Lipinski definition) is 2. The van der Waals surface area contributed by atoms with E-state index in [-0.39, 0.29) is 11.0 Å². The van der Waals surface area contributed by atoms with Gasteiger partial charge in [0.05, 0.1) is 5.25 Å². The summed E-state index contributed by atoms with van der Waals surface area (Å²) < 4.78 is 0. The Kier molecular flexibility index (Phi) is 4.53. The van der Waals surface area contributed by atoms with Gasteiger partial charge < -0.3 is 0 Å². The highest BCUT2D eigenvalue weighted by Crippen LogP contribution is 2.29. The van der Waals surface area contributed by atoms with Crippen molar-refractivity contribution in [2.24, 2.45) is 0 Å². The lowest BCUT2D eigenvalue weighted by Crippen LogP contribution is -2.13. The largest absolute Gasteiger partial charge is 0.293 e. The Morgan fingerprint density at radius 3 is 2.35 bits per heavy atom. The van der Waals surface area contributed by atoms with Crippen LogP contribution in [-0.2, 0) is 0 Å². The molecule has 1 nitrogen and oxygen atoms in total. The van der Waals surface area contributed by atoms with Crippen LogP contribution in [0.5, 0.6) is 0 Å². The van der Waals surface area contributed by atoms with Gasteiger partial charge in [0.25, 0.3) is 0 Å². The first-order valence-corrected chi connectivity index (χ1v) is 8.69. The van der Waals surface area contributed by atoms with E-state index >= 15 is 0 Å². The molecular formula is C21H20OS. The van der Waals surface area contributed by atoms with Gasteiger partial charge in [-0.15, -0.1) is 11.8 Å². The zero-order valence-electron chi connectivity index (χ0n) is 13.7. The van der Waals surface area contributed by atoms with E-state index in [1.54, 1.807) is 11.8 Å². The predicted octanol–water partition coefficient (Wildman–Crippen LogP) is 5.82. The molecule has 3 aromatic rings. The maximum Gasteiger partial charge on any atom is 0.175 e. The fourth-order valence-electron chi connectivity index (χ4n) is 2.63. The van der Waals surface area contributed by atoms with Crippen LogP contribution in [-0.4, -0.2) is 11.0 Å². The smallest absolute Gasteiger partial charge is 0.175 e. The highest BCUT2D eigenvalue weighted by atomic mass is 32.2. The van der Waals surface area contributed by atoms with E-state index in [0.717, 1.165) is 10.5 Å². The van der Waals surface area contributed by atoms with Crippen LogP contribution < -0.4 is 0 Å². The van der Waals surface area contributed by atoms with Crippen LogP contribution in [0.3, 0.4) is 0 Å². The average Bonchev–Trinajstić information content (AvgIpc) is 2.56. The second kappa shape index (κ2) is 6.59. The quantitative estimate of drug-likeness (QED) is 0.445. The lowest BCUT2D eigenvalue weighted by molar-refractivity contribution is 0.0994. The topological polar surface area (TPSA) is 17.1 Å². The molecule has 0 N–H and O–H groups in total. The van der Waals surface area contributed by atoms with Crippen molar-refractivity contribution < 1.29 is 4.79 Å². The van der Waals surface area contributed by atoms with Crippen molar-refractivity contribution >= 4 is 28.3 Å². The SMILES string of the molecule is Cc1ccc(C(=O)[C@H](C)Sc2ccc3ccccc3c2)cc1C. The molecule has 23 heavy (non-hydrogen) atoms. The third-order valence-electron chi connectivity index (χ3n) is 4.19. The summed E-state index contributed by atoms with van der Waals surface area (Å²) in [5.41, 5.74) is 3.18. The van der Waals surface area contributed by atoms with E-state index in [1.165, 1.54) is 21.9 Å². The molecule has 0 fully saturated rings. The van der Waals surface area contributed by atoms with Gasteiger partial charge >= 0.3 is 0 Å². The fourth-order valence-corrected chi connectivity index (χ4v) is 3.62. The maximum atomic E-state index is 12.7. The van der Waals surface area contributed by atoms with Crippen molar-refractivity contribution in [3.05, 3.63) is 77.4 Å². The van der Waals surface area contributed by atoms with E-state index in [1.807, 2.05) is 44.2 Å². The molecule has 0 spiro atoms. The molecule has 0 saturated carbocycles. The summed E-state index contributed by atoms with van der Waals surface area (Å²) in [5, 5.41) is 2.34. The van der Waals surface area contributed by atoms with Gasteiger partial charge in [0.15, 0.2) is 5.78 Å². The number of carbonyl (C=O) groups is 1. The first-order valence-electron chi connectivity index (χ1n) is 7.81. The fraction of sp³-hybridized carbons (Fsp3) is 0.190.